The molecular weight excluding hydrogens is 383 g/mol. The molecule has 1 aliphatic rings. The Hall–Kier alpha value is -2.70. The number of primary amides is 1. The van der Waals surface area contributed by atoms with Gasteiger partial charge in [0.1, 0.15) is 5.82 Å². The van der Waals surface area contributed by atoms with Gasteiger partial charge < -0.3 is 15.4 Å². The van der Waals surface area contributed by atoms with E-state index in [4.69, 9.17) is 22.1 Å². The van der Waals surface area contributed by atoms with Gasteiger partial charge >= 0.3 is 0 Å². The Morgan fingerprint density at radius 3 is 2.71 bits per heavy atom. The number of amides is 2. The SMILES string of the molecule is C=CC(=O)N1C[C@H](C)OC[C@H]1c1cc(Cl)cc(-c2ccc(F)c(C(N)=O)c2)c1. The van der Waals surface area contributed by atoms with Crippen LogP contribution in [0.5, 0.6) is 0 Å². The van der Waals surface area contributed by atoms with Crippen molar-refractivity contribution in [1.82, 2.24) is 4.90 Å². The summed E-state index contributed by atoms with van der Waals surface area (Å²) in [5, 5.41) is 0.446. The lowest BCUT2D eigenvalue weighted by Crippen LogP contribution is -2.46. The maximum Gasteiger partial charge on any atom is 0.251 e. The minimum atomic E-state index is -0.848. The van der Waals surface area contributed by atoms with Crippen LogP contribution >= 0.6 is 11.6 Å². The predicted octanol–water partition coefficient (Wildman–Crippen LogP) is 3.72. The first kappa shape index (κ1) is 20.0. The highest BCUT2D eigenvalue weighted by Crippen LogP contribution is 2.33. The maximum absolute atomic E-state index is 13.8. The van der Waals surface area contributed by atoms with Crippen molar-refractivity contribution in [2.45, 2.75) is 19.1 Å². The number of carbonyl (C=O) groups is 2. The first-order valence-electron chi connectivity index (χ1n) is 8.75. The number of hydrogen-bond donors (Lipinski definition) is 1. The van der Waals surface area contributed by atoms with E-state index in [1.165, 1.54) is 18.2 Å². The molecule has 0 spiro atoms. The van der Waals surface area contributed by atoms with Gasteiger partial charge in [-0.1, -0.05) is 24.2 Å². The molecule has 0 bridgehead atoms. The normalized spacial score (nSPS) is 19.3. The van der Waals surface area contributed by atoms with Crippen LogP contribution in [0.15, 0.2) is 49.1 Å². The molecular formula is C21H20ClFN2O3. The Morgan fingerprint density at radius 1 is 1.29 bits per heavy atom. The lowest BCUT2D eigenvalue weighted by atomic mass is 9.96. The van der Waals surface area contributed by atoms with Crippen LogP contribution in [0.4, 0.5) is 4.39 Å². The van der Waals surface area contributed by atoms with Crippen LogP contribution in [-0.4, -0.2) is 36.0 Å². The van der Waals surface area contributed by atoms with Gasteiger partial charge in [-0.15, -0.1) is 0 Å². The first-order valence-corrected chi connectivity index (χ1v) is 9.12. The van der Waals surface area contributed by atoms with Crippen LogP contribution in [-0.2, 0) is 9.53 Å². The van der Waals surface area contributed by atoms with Crippen LogP contribution in [0, 0.1) is 5.82 Å². The van der Waals surface area contributed by atoms with Crippen molar-refractivity contribution < 1.29 is 18.7 Å². The monoisotopic (exact) mass is 402 g/mol. The summed E-state index contributed by atoms with van der Waals surface area (Å²) < 4.78 is 19.5. The zero-order valence-electron chi connectivity index (χ0n) is 15.3. The smallest absolute Gasteiger partial charge is 0.251 e. The molecule has 2 atom stereocenters. The van der Waals surface area contributed by atoms with Crippen LogP contribution in [0.3, 0.4) is 0 Å². The minimum absolute atomic E-state index is 0.0889. The lowest BCUT2D eigenvalue weighted by molar-refractivity contribution is -0.139. The fourth-order valence-electron chi connectivity index (χ4n) is 3.30. The molecule has 1 saturated heterocycles. The van der Waals surface area contributed by atoms with E-state index in [-0.39, 0.29) is 23.6 Å². The number of rotatable bonds is 4. The van der Waals surface area contributed by atoms with E-state index in [0.717, 1.165) is 5.56 Å². The molecule has 1 aliphatic heterocycles. The number of carbonyl (C=O) groups excluding carboxylic acids is 2. The molecule has 5 nitrogen and oxygen atoms in total. The van der Waals surface area contributed by atoms with Crippen molar-refractivity contribution in [1.29, 1.82) is 0 Å². The van der Waals surface area contributed by atoms with Crippen LogP contribution in [0.2, 0.25) is 5.02 Å². The van der Waals surface area contributed by atoms with E-state index >= 15 is 0 Å². The molecule has 2 N–H and O–H groups in total. The zero-order chi connectivity index (χ0) is 20.4. The second-order valence-corrected chi connectivity index (χ2v) is 7.12. The summed E-state index contributed by atoms with van der Waals surface area (Å²) in [5.41, 5.74) is 7.08. The summed E-state index contributed by atoms with van der Waals surface area (Å²) in [7, 11) is 0. The average Bonchev–Trinajstić information content (AvgIpc) is 2.66. The van der Waals surface area contributed by atoms with Crippen molar-refractivity contribution in [2.75, 3.05) is 13.2 Å². The summed E-state index contributed by atoms with van der Waals surface area (Å²) in [6.45, 7) is 6.21. The van der Waals surface area contributed by atoms with Crippen LogP contribution < -0.4 is 5.73 Å². The van der Waals surface area contributed by atoms with E-state index in [0.29, 0.717) is 29.3 Å². The standard InChI is InChI=1S/C21H20ClFN2O3/c1-3-20(26)25-10-12(2)28-11-19(25)15-6-14(7-16(22)8-15)13-4-5-18(23)17(9-13)21(24)27/h3-9,12,19H,1,10-11H2,2H3,(H2,24,27)/t12-,19-/m0/s1. The van der Waals surface area contributed by atoms with E-state index in [1.54, 1.807) is 23.1 Å². The molecule has 3 rings (SSSR count). The summed E-state index contributed by atoms with van der Waals surface area (Å²) in [4.78, 5) is 25.5. The van der Waals surface area contributed by atoms with Gasteiger partial charge in [0.15, 0.2) is 0 Å². The third kappa shape index (κ3) is 4.08. The molecule has 2 aromatic carbocycles. The Kier molecular flexibility index (Phi) is 5.82. The second-order valence-electron chi connectivity index (χ2n) is 6.69. The van der Waals surface area contributed by atoms with E-state index in [2.05, 4.69) is 6.58 Å². The molecule has 1 heterocycles. The third-order valence-corrected chi connectivity index (χ3v) is 4.91. The molecule has 0 aromatic heterocycles. The third-order valence-electron chi connectivity index (χ3n) is 4.70. The molecule has 2 amide bonds. The van der Waals surface area contributed by atoms with E-state index < -0.39 is 11.7 Å². The molecule has 2 aromatic rings. The number of nitrogens with two attached hydrogens (primary N) is 1. The lowest BCUT2D eigenvalue weighted by Gasteiger charge is -2.38. The van der Waals surface area contributed by atoms with Gasteiger partial charge in [-0.3, -0.25) is 9.59 Å². The molecule has 7 heteroatoms. The van der Waals surface area contributed by atoms with Gasteiger partial charge in [0.05, 0.1) is 24.3 Å². The van der Waals surface area contributed by atoms with Crippen LogP contribution in [0.25, 0.3) is 11.1 Å². The Bertz CT molecular complexity index is 947. The predicted molar refractivity (Wildman–Crippen MR) is 105 cm³/mol. The molecule has 1 fully saturated rings. The van der Waals surface area contributed by atoms with Crippen molar-refractivity contribution in [3.8, 4) is 11.1 Å². The number of benzene rings is 2. The highest BCUT2D eigenvalue weighted by Gasteiger charge is 2.31. The van der Waals surface area contributed by atoms with Gasteiger partial charge in [0, 0.05) is 11.6 Å². The van der Waals surface area contributed by atoms with Gasteiger partial charge in [-0.2, -0.15) is 0 Å². The minimum Gasteiger partial charge on any atom is -0.374 e. The topological polar surface area (TPSA) is 72.6 Å². The van der Waals surface area contributed by atoms with E-state index in [9.17, 15) is 14.0 Å². The Balaban J connectivity index is 2.04. The summed E-state index contributed by atoms with van der Waals surface area (Å²) >= 11 is 6.31. The van der Waals surface area contributed by atoms with Crippen molar-refractivity contribution >= 4 is 23.4 Å². The number of halogens is 2. The summed E-state index contributed by atoms with van der Waals surface area (Å²) in [6, 6.07) is 9.09. The van der Waals surface area contributed by atoms with Crippen molar-refractivity contribution in [3.63, 3.8) is 0 Å². The van der Waals surface area contributed by atoms with Gasteiger partial charge in [-0.05, 0) is 60.0 Å². The van der Waals surface area contributed by atoms with Gasteiger partial charge in [0.2, 0.25) is 5.91 Å². The molecule has 28 heavy (non-hydrogen) atoms. The fraction of sp³-hybridized carbons (Fsp3) is 0.238. The van der Waals surface area contributed by atoms with Gasteiger partial charge in [-0.25, -0.2) is 4.39 Å². The number of hydrogen-bond acceptors (Lipinski definition) is 3. The fourth-order valence-corrected chi connectivity index (χ4v) is 3.55. The number of morpholine rings is 1. The molecule has 146 valence electrons. The number of ether oxygens (including phenoxy) is 1. The molecule has 0 unspecified atom stereocenters. The highest BCUT2D eigenvalue weighted by molar-refractivity contribution is 6.31. The highest BCUT2D eigenvalue weighted by atomic mass is 35.5. The first-order chi connectivity index (χ1) is 13.3. The van der Waals surface area contributed by atoms with Gasteiger partial charge in [0.25, 0.3) is 5.91 Å². The largest absolute Gasteiger partial charge is 0.374 e. The number of nitrogens with zero attached hydrogens (tertiary/aromatic N) is 1. The van der Waals surface area contributed by atoms with E-state index in [1.807, 2.05) is 13.0 Å². The Labute approximate surface area is 167 Å². The second kappa shape index (κ2) is 8.12. The molecule has 0 radical (unpaired) electrons. The average molecular weight is 403 g/mol. The van der Waals surface area contributed by atoms with Crippen molar-refractivity contribution in [2.24, 2.45) is 5.73 Å². The quantitative estimate of drug-likeness (QED) is 0.792. The zero-order valence-corrected chi connectivity index (χ0v) is 16.1. The summed E-state index contributed by atoms with van der Waals surface area (Å²) in [5.74, 6) is -1.73. The van der Waals surface area contributed by atoms with Crippen LogP contribution in [0.1, 0.15) is 28.9 Å². The molecule has 0 aliphatic carbocycles. The maximum atomic E-state index is 13.8. The molecule has 0 saturated carbocycles. The van der Waals surface area contributed by atoms with Crippen molar-refractivity contribution in [3.05, 3.63) is 71.0 Å². The Morgan fingerprint density at radius 2 is 2.04 bits per heavy atom. The summed E-state index contributed by atoms with van der Waals surface area (Å²) in [6.07, 6.45) is 1.18.